The lowest BCUT2D eigenvalue weighted by Crippen LogP contribution is -2.41. The first kappa shape index (κ1) is 12.7. The summed E-state index contributed by atoms with van der Waals surface area (Å²) in [6, 6.07) is 0.496. The highest BCUT2D eigenvalue weighted by Crippen LogP contribution is 2.27. The van der Waals surface area contributed by atoms with Gasteiger partial charge in [0.2, 0.25) is 0 Å². The maximum absolute atomic E-state index is 11.5. The summed E-state index contributed by atoms with van der Waals surface area (Å²) in [7, 11) is 0. The molecule has 2 heteroatoms. The summed E-state index contributed by atoms with van der Waals surface area (Å²) in [5.41, 5.74) is 0. The lowest BCUT2D eigenvalue weighted by Gasteiger charge is -2.27. The van der Waals surface area contributed by atoms with Crippen molar-refractivity contribution >= 4 is 5.78 Å². The molecule has 0 aliphatic heterocycles. The van der Waals surface area contributed by atoms with E-state index in [1.165, 1.54) is 32.1 Å². The molecule has 15 heavy (non-hydrogen) atoms. The molecule has 88 valence electrons. The largest absolute Gasteiger partial charge is 0.305 e. The normalized spacial score (nSPS) is 20.5. The maximum Gasteiger partial charge on any atom is 0.146 e. The van der Waals surface area contributed by atoms with Crippen LogP contribution in [0, 0.1) is 5.92 Å². The van der Waals surface area contributed by atoms with Gasteiger partial charge < -0.3 is 5.32 Å². The average Bonchev–Trinajstić information content (AvgIpc) is 2.17. The third-order valence-electron chi connectivity index (χ3n) is 3.32. The van der Waals surface area contributed by atoms with Crippen molar-refractivity contribution in [1.29, 1.82) is 0 Å². The van der Waals surface area contributed by atoms with Crippen molar-refractivity contribution in [1.82, 2.24) is 5.32 Å². The third-order valence-corrected chi connectivity index (χ3v) is 3.32. The van der Waals surface area contributed by atoms with Gasteiger partial charge in [-0.25, -0.2) is 0 Å². The first-order chi connectivity index (χ1) is 7.09. The van der Waals surface area contributed by atoms with Crippen LogP contribution in [0.3, 0.4) is 0 Å². The molecule has 1 aliphatic carbocycles. The van der Waals surface area contributed by atoms with Gasteiger partial charge in [0.05, 0.1) is 6.04 Å². The Morgan fingerprint density at radius 3 is 2.33 bits per heavy atom. The summed E-state index contributed by atoms with van der Waals surface area (Å²) in [4.78, 5) is 11.5. The standard InChI is InChI=1S/C13H25NO/c1-10(2)14-13(11(3)15)9-12-7-5-4-6-8-12/h10,12-14H,4-9H2,1-3H3/t13-/m0/s1. The molecule has 0 heterocycles. The quantitative estimate of drug-likeness (QED) is 0.757. The van der Waals surface area contributed by atoms with Gasteiger partial charge in [-0.1, -0.05) is 46.0 Å². The summed E-state index contributed by atoms with van der Waals surface area (Å²) in [5, 5.41) is 3.38. The molecular weight excluding hydrogens is 186 g/mol. The lowest BCUT2D eigenvalue weighted by molar-refractivity contribution is -0.119. The van der Waals surface area contributed by atoms with Gasteiger partial charge in [-0.2, -0.15) is 0 Å². The van der Waals surface area contributed by atoms with Crippen LogP contribution in [0.2, 0.25) is 0 Å². The van der Waals surface area contributed by atoms with E-state index in [1.807, 2.05) is 0 Å². The molecule has 0 unspecified atom stereocenters. The van der Waals surface area contributed by atoms with Crippen molar-refractivity contribution in [3.05, 3.63) is 0 Å². The first-order valence-corrected chi connectivity index (χ1v) is 6.36. The van der Waals surface area contributed by atoms with Gasteiger partial charge in [0.15, 0.2) is 0 Å². The molecule has 0 saturated heterocycles. The molecule has 0 radical (unpaired) electrons. The highest BCUT2D eigenvalue weighted by molar-refractivity contribution is 5.81. The zero-order chi connectivity index (χ0) is 11.3. The molecule has 0 aromatic carbocycles. The SMILES string of the molecule is CC(=O)[C@H](CC1CCCCC1)NC(C)C. The molecule has 1 N–H and O–H groups in total. The fourth-order valence-electron chi connectivity index (χ4n) is 2.51. The Morgan fingerprint density at radius 1 is 1.27 bits per heavy atom. The zero-order valence-electron chi connectivity index (χ0n) is 10.4. The Hall–Kier alpha value is -0.370. The highest BCUT2D eigenvalue weighted by Gasteiger charge is 2.21. The lowest BCUT2D eigenvalue weighted by atomic mass is 9.84. The Balaban J connectivity index is 2.38. The van der Waals surface area contributed by atoms with Gasteiger partial charge in [0.25, 0.3) is 0 Å². The maximum atomic E-state index is 11.5. The summed E-state index contributed by atoms with van der Waals surface area (Å²) in [6.45, 7) is 5.93. The number of nitrogens with one attached hydrogen (secondary N) is 1. The van der Waals surface area contributed by atoms with Gasteiger partial charge in [-0.05, 0) is 19.3 Å². The van der Waals surface area contributed by atoms with E-state index in [0.29, 0.717) is 11.8 Å². The molecule has 0 aromatic rings. The number of hydrogen-bond donors (Lipinski definition) is 1. The number of ketones is 1. The Kier molecular flexibility index (Phi) is 5.30. The molecule has 0 aromatic heterocycles. The minimum atomic E-state index is 0.0908. The molecule has 1 saturated carbocycles. The molecule has 1 aliphatic rings. The highest BCUT2D eigenvalue weighted by atomic mass is 16.1. The average molecular weight is 211 g/mol. The van der Waals surface area contributed by atoms with Gasteiger partial charge in [0, 0.05) is 6.04 Å². The third kappa shape index (κ3) is 4.78. The summed E-state index contributed by atoms with van der Waals surface area (Å²) >= 11 is 0. The van der Waals surface area contributed by atoms with Crippen LogP contribution < -0.4 is 5.32 Å². The molecule has 1 rings (SSSR count). The van der Waals surface area contributed by atoms with E-state index < -0.39 is 0 Å². The second-order valence-corrected chi connectivity index (χ2v) is 5.22. The number of rotatable bonds is 5. The monoisotopic (exact) mass is 211 g/mol. The predicted octanol–water partition coefficient (Wildman–Crippen LogP) is 2.91. The molecule has 0 bridgehead atoms. The van der Waals surface area contributed by atoms with E-state index in [0.717, 1.165) is 12.3 Å². The number of carbonyl (C=O) groups excluding carboxylic acids is 1. The molecule has 0 spiro atoms. The minimum absolute atomic E-state index is 0.0908. The molecule has 0 amide bonds. The van der Waals surface area contributed by atoms with E-state index >= 15 is 0 Å². The second kappa shape index (κ2) is 6.26. The van der Waals surface area contributed by atoms with Gasteiger partial charge in [-0.3, -0.25) is 4.79 Å². The van der Waals surface area contributed by atoms with Crippen molar-refractivity contribution in [2.45, 2.75) is 71.4 Å². The van der Waals surface area contributed by atoms with Crippen LogP contribution in [0.1, 0.15) is 59.3 Å². The summed E-state index contributed by atoms with van der Waals surface area (Å²) < 4.78 is 0. The van der Waals surface area contributed by atoms with E-state index in [4.69, 9.17) is 0 Å². The van der Waals surface area contributed by atoms with Crippen LogP contribution in [-0.4, -0.2) is 17.9 Å². The van der Waals surface area contributed by atoms with Crippen molar-refractivity contribution in [3.63, 3.8) is 0 Å². The van der Waals surface area contributed by atoms with Crippen LogP contribution >= 0.6 is 0 Å². The van der Waals surface area contributed by atoms with E-state index in [1.54, 1.807) is 6.92 Å². The number of hydrogen-bond acceptors (Lipinski definition) is 2. The Morgan fingerprint density at radius 2 is 1.87 bits per heavy atom. The topological polar surface area (TPSA) is 29.1 Å². The molecule has 2 nitrogen and oxygen atoms in total. The van der Waals surface area contributed by atoms with Crippen LogP contribution in [0.25, 0.3) is 0 Å². The summed E-state index contributed by atoms with van der Waals surface area (Å²) in [5.74, 6) is 1.08. The van der Waals surface area contributed by atoms with Crippen LogP contribution in [-0.2, 0) is 4.79 Å². The van der Waals surface area contributed by atoms with Crippen molar-refractivity contribution in [3.8, 4) is 0 Å². The van der Waals surface area contributed by atoms with Crippen LogP contribution in [0.15, 0.2) is 0 Å². The smallest absolute Gasteiger partial charge is 0.146 e. The van der Waals surface area contributed by atoms with Crippen molar-refractivity contribution < 1.29 is 4.79 Å². The first-order valence-electron chi connectivity index (χ1n) is 6.36. The van der Waals surface area contributed by atoms with Gasteiger partial charge in [-0.15, -0.1) is 0 Å². The Labute approximate surface area is 93.8 Å². The predicted molar refractivity (Wildman–Crippen MR) is 63.9 cm³/mol. The number of carbonyl (C=O) groups is 1. The summed E-state index contributed by atoms with van der Waals surface area (Å²) in [6.07, 6.45) is 7.80. The molecular formula is C13H25NO. The van der Waals surface area contributed by atoms with E-state index in [2.05, 4.69) is 19.2 Å². The van der Waals surface area contributed by atoms with E-state index in [9.17, 15) is 4.79 Å². The fraction of sp³-hybridized carbons (Fsp3) is 0.923. The zero-order valence-corrected chi connectivity index (χ0v) is 10.4. The Bertz CT molecular complexity index is 195. The van der Waals surface area contributed by atoms with Gasteiger partial charge >= 0.3 is 0 Å². The fourth-order valence-corrected chi connectivity index (χ4v) is 2.51. The minimum Gasteiger partial charge on any atom is -0.305 e. The molecule has 1 atom stereocenters. The molecule has 1 fully saturated rings. The van der Waals surface area contributed by atoms with Crippen molar-refractivity contribution in [2.24, 2.45) is 5.92 Å². The van der Waals surface area contributed by atoms with Crippen LogP contribution in [0.5, 0.6) is 0 Å². The van der Waals surface area contributed by atoms with Crippen LogP contribution in [0.4, 0.5) is 0 Å². The van der Waals surface area contributed by atoms with E-state index in [-0.39, 0.29) is 6.04 Å². The second-order valence-electron chi connectivity index (χ2n) is 5.22. The van der Waals surface area contributed by atoms with Gasteiger partial charge in [0.1, 0.15) is 5.78 Å². The number of Topliss-reactive ketones (excluding diaryl/α,β-unsaturated/α-hetero) is 1. The van der Waals surface area contributed by atoms with Crippen molar-refractivity contribution in [2.75, 3.05) is 0 Å².